The SMILES string of the molecule is O=C(CCn1cnc2ccccc2c1=O)Nc1cccc(-c2cn3c(n2)SCC3)c1. The fraction of sp³-hybridized carbons (Fsp3) is 0.182. The summed E-state index contributed by atoms with van der Waals surface area (Å²) < 4.78 is 3.63. The molecule has 3 heterocycles. The van der Waals surface area contributed by atoms with Gasteiger partial charge in [0.2, 0.25) is 5.91 Å². The van der Waals surface area contributed by atoms with Gasteiger partial charge < -0.3 is 9.88 Å². The smallest absolute Gasteiger partial charge is 0.261 e. The number of carbonyl (C=O) groups excluding carboxylic acids is 1. The fourth-order valence-corrected chi connectivity index (χ4v) is 4.46. The molecule has 1 aliphatic heterocycles. The number of aryl methyl sites for hydroxylation is 2. The number of thioether (sulfide) groups is 1. The number of anilines is 1. The van der Waals surface area contributed by atoms with Crippen molar-refractivity contribution in [2.24, 2.45) is 0 Å². The Bertz CT molecular complexity index is 1290. The zero-order valence-corrected chi connectivity index (χ0v) is 16.9. The molecule has 150 valence electrons. The highest BCUT2D eigenvalue weighted by Gasteiger charge is 2.15. The van der Waals surface area contributed by atoms with Crippen molar-refractivity contribution >= 4 is 34.3 Å². The van der Waals surface area contributed by atoms with Gasteiger partial charge in [0, 0.05) is 42.7 Å². The Kier molecular flexibility index (Phi) is 4.84. The molecule has 0 unspecified atom stereocenters. The molecule has 5 rings (SSSR count). The minimum atomic E-state index is -0.157. The molecule has 0 aliphatic carbocycles. The summed E-state index contributed by atoms with van der Waals surface area (Å²) in [6.07, 6.45) is 3.73. The number of aromatic nitrogens is 4. The molecule has 7 nitrogen and oxygen atoms in total. The topological polar surface area (TPSA) is 81.8 Å². The Labute approximate surface area is 176 Å². The van der Waals surface area contributed by atoms with E-state index in [1.165, 1.54) is 10.9 Å². The maximum absolute atomic E-state index is 12.5. The fourth-order valence-electron chi connectivity index (χ4n) is 3.52. The van der Waals surface area contributed by atoms with Crippen LogP contribution in [0, 0.1) is 0 Å². The van der Waals surface area contributed by atoms with Crippen LogP contribution in [0.3, 0.4) is 0 Å². The standard InChI is InChI=1S/C22H19N5O2S/c28-20(8-9-27-14-23-18-7-2-1-6-17(18)21(27)29)24-16-5-3-4-15(12-16)19-13-26-10-11-30-22(26)25-19/h1-7,12-14H,8-11H2,(H,24,28). The van der Waals surface area contributed by atoms with Crippen molar-refractivity contribution in [3.63, 3.8) is 0 Å². The number of carbonyl (C=O) groups is 1. The average Bonchev–Trinajstić information content (AvgIpc) is 3.36. The lowest BCUT2D eigenvalue weighted by molar-refractivity contribution is -0.116. The van der Waals surface area contributed by atoms with E-state index in [0.717, 1.165) is 28.7 Å². The summed E-state index contributed by atoms with van der Waals surface area (Å²) in [6.45, 7) is 1.25. The van der Waals surface area contributed by atoms with Crippen LogP contribution in [0.25, 0.3) is 22.2 Å². The minimum absolute atomic E-state index is 0.138. The van der Waals surface area contributed by atoms with Gasteiger partial charge in [0.25, 0.3) is 5.56 Å². The van der Waals surface area contributed by atoms with E-state index in [1.54, 1.807) is 23.9 Å². The third-order valence-electron chi connectivity index (χ3n) is 5.06. The molecular formula is C22H19N5O2S. The molecule has 2 aromatic heterocycles. The van der Waals surface area contributed by atoms with Crippen LogP contribution in [0.4, 0.5) is 5.69 Å². The lowest BCUT2D eigenvalue weighted by Crippen LogP contribution is -2.23. The number of amides is 1. The first-order valence-corrected chi connectivity index (χ1v) is 10.7. The van der Waals surface area contributed by atoms with Gasteiger partial charge in [-0.25, -0.2) is 9.97 Å². The molecular weight excluding hydrogens is 398 g/mol. The number of para-hydroxylation sites is 1. The Morgan fingerprint density at radius 1 is 1.17 bits per heavy atom. The third kappa shape index (κ3) is 3.61. The van der Waals surface area contributed by atoms with Crippen LogP contribution < -0.4 is 10.9 Å². The molecule has 1 amide bonds. The average molecular weight is 417 g/mol. The Morgan fingerprint density at radius 3 is 2.97 bits per heavy atom. The normalized spacial score (nSPS) is 12.8. The lowest BCUT2D eigenvalue weighted by Gasteiger charge is -2.08. The molecule has 0 bridgehead atoms. The number of hydrogen-bond acceptors (Lipinski definition) is 5. The molecule has 0 atom stereocenters. The van der Waals surface area contributed by atoms with E-state index < -0.39 is 0 Å². The largest absolute Gasteiger partial charge is 0.326 e. The highest BCUT2D eigenvalue weighted by Crippen LogP contribution is 2.29. The molecule has 0 fully saturated rings. The summed E-state index contributed by atoms with van der Waals surface area (Å²) in [5, 5.41) is 4.50. The molecule has 0 radical (unpaired) electrons. The summed E-state index contributed by atoms with van der Waals surface area (Å²) in [6, 6.07) is 14.9. The van der Waals surface area contributed by atoms with E-state index >= 15 is 0 Å². The summed E-state index contributed by atoms with van der Waals surface area (Å²) in [4.78, 5) is 33.9. The van der Waals surface area contributed by atoms with Crippen LogP contribution in [-0.2, 0) is 17.9 Å². The van der Waals surface area contributed by atoms with E-state index in [2.05, 4.69) is 26.0 Å². The van der Waals surface area contributed by atoms with Crippen molar-refractivity contribution in [3.8, 4) is 11.3 Å². The van der Waals surface area contributed by atoms with Gasteiger partial charge in [-0.05, 0) is 24.3 Å². The maximum Gasteiger partial charge on any atom is 0.261 e. The number of nitrogens with zero attached hydrogens (tertiary/aromatic N) is 4. The van der Waals surface area contributed by atoms with Gasteiger partial charge in [0.1, 0.15) is 0 Å². The van der Waals surface area contributed by atoms with Crippen molar-refractivity contribution in [1.29, 1.82) is 0 Å². The summed E-state index contributed by atoms with van der Waals surface area (Å²) in [5.74, 6) is 0.907. The van der Waals surface area contributed by atoms with Crippen LogP contribution in [-0.4, -0.2) is 30.8 Å². The molecule has 1 N–H and O–H groups in total. The predicted molar refractivity (Wildman–Crippen MR) is 118 cm³/mol. The van der Waals surface area contributed by atoms with Crippen molar-refractivity contribution < 1.29 is 4.79 Å². The first-order chi connectivity index (χ1) is 14.7. The number of benzene rings is 2. The summed E-state index contributed by atoms with van der Waals surface area (Å²) >= 11 is 1.75. The Hall–Kier alpha value is -3.39. The Morgan fingerprint density at radius 2 is 2.07 bits per heavy atom. The molecule has 0 spiro atoms. The molecule has 8 heteroatoms. The highest BCUT2D eigenvalue weighted by atomic mass is 32.2. The van der Waals surface area contributed by atoms with E-state index in [9.17, 15) is 9.59 Å². The van der Waals surface area contributed by atoms with Crippen LogP contribution in [0.15, 0.2) is 71.0 Å². The van der Waals surface area contributed by atoms with Crippen molar-refractivity contribution in [2.45, 2.75) is 24.7 Å². The quantitative estimate of drug-likeness (QED) is 0.538. The second kappa shape index (κ2) is 7.79. The monoisotopic (exact) mass is 417 g/mol. The van der Waals surface area contributed by atoms with E-state index in [-0.39, 0.29) is 24.4 Å². The van der Waals surface area contributed by atoms with Gasteiger partial charge in [0.15, 0.2) is 5.16 Å². The van der Waals surface area contributed by atoms with E-state index in [4.69, 9.17) is 0 Å². The number of hydrogen-bond donors (Lipinski definition) is 1. The van der Waals surface area contributed by atoms with Crippen molar-refractivity contribution in [2.75, 3.05) is 11.1 Å². The molecule has 4 aromatic rings. The van der Waals surface area contributed by atoms with Crippen molar-refractivity contribution in [3.05, 3.63) is 71.4 Å². The van der Waals surface area contributed by atoms with Gasteiger partial charge in [-0.15, -0.1) is 0 Å². The van der Waals surface area contributed by atoms with Crippen LogP contribution in [0.2, 0.25) is 0 Å². The van der Waals surface area contributed by atoms with Gasteiger partial charge in [-0.1, -0.05) is 36.0 Å². The van der Waals surface area contributed by atoms with Gasteiger partial charge >= 0.3 is 0 Å². The molecule has 0 saturated carbocycles. The van der Waals surface area contributed by atoms with Crippen LogP contribution >= 0.6 is 11.8 Å². The number of rotatable bonds is 5. The first-order valence-electron chi connectivity index (χ1n) is 9.72. The number of imidazole rings is 1. The van der Waals surface area contributed by atoms with Crippen LogP contribution in [0.1, 0.15) is 6.42 Å². The van der Waals surface area contributed by atoms with E-state index in [1.807, 2.05) is 36.4 Å². The van der Waals surface area contributed by atoms with Gasteiger partial charge in [0.05, 0.1) is 22.9 Å². The van der Waals surface area contributed by atoms with Crippen LogP contribution in [0.5, 0.6) is 0 Å². The molecule has 2 aromatic carbocycles. The Balaban J connectivity index is 1.27. The second-order valence-electron chi connectivity index (χ2n) is 7.09. The first kappa shape index (κ1) is 18.6. The third-order valence-corrected chi connectivity index (χ3v) is 6.03. The molecule has 0 saturated heterocycles. The van der Waals surface area contributed by atoms with E-state index in [0.29, 0.717) is 16.6 Å². The number of fused-ring (bicyclic) bond motifs is 2. The predicted octanol–water partition coefficient (Wildman–Crippen LogP) is 3.39. The zero-order chi connectivity index (χ0) is 20.5. The molecule has 30 heavy (non-hydrogen) atoms. The lowest BCUT2D eigenvalue weighted by atomic mass is 10.1. The minimum Gasteiger partial charge on any atom is -0.326 e. The molecule has 1 aliphatic rings. The highest BCUT2D eigenvalue weighted by molar-refractivity contribution is 7.99. The summed E-state index contributed by atoms with van der Waals surface area (Å²) in [7, 11) is 0. The van der Waals surface area contributed by atoms with Gasteiger partial charge in [-0.2, -0.15) is 0 Å². The van der Waals surface area contributed by atoms with Gasteiger partial charge in [-0.3, -0.25) is 14.2 Å². The number of nitrogens with one attached hydrogen (secondary N) is 1. The maximum atomic E-state index is 12.5. The summed E-state index contributed by atoms with van der Waals surface area (Å²) in [5.41, 5.74) is 3.10. The van der Waals surface area contributed by atoms with Crippen molar-refractivity contribution in [1.82, 2.24) is 19.1 Å². The second-order valence-corrected chi connectivity index (χ2v) is 8.15. The zero-order valence-electron chi connectivity index (χ0n) is 16.1.